The minimum absolute atomic E-state index is 0.0662. The van der Waals surface area contributed by atoms with Crippen molar-refractivity contribution in [3.05, 3.63) is 0 Å². The lowest BCUT2D eigenvalue weighted by molar-refractivity contribution is 0.262. The molecule has 0 saturated heterocycles. The van der Waals surface area contributed by atoms with Crippen LogP contribution in [0.3, 0.4) is 0 Å². The third-order valence-corrected chi connectivity index (χ3v) is 1.07. The maximum Gasteiger partial charge on any atom is 0.0594 e. The average molecular weight is 132 g/mol. The fourth-order valence-electron chi connectivity index (χ4n) is 0.529. The molecule has 0 aromatic carbocycles. The van der Waals surface area contributed by atoms with Gasteiger partial charge in [0.05, 0.1) is 6.61 Å². The van der Waals surface area contributed by atoms with Crippen molar-refractivity contribution in [2.24, 2.45) is 5.73 Å². The van der Waals surface area contributed by atoms with Crippen LogP contribution < -0.4 is 11.1 Å². The topological polar surface area (TPSA) is 58.3 Å². The Balaban J connectivity index is 2.88. The largest absolute Gasteiger partial charge is 0.395 e. The second-order valence-electron chi connectivity index (χ2n) is 2.15. The summed E-state index contributed by atoms with van der Waals surface area (Å²) in [6, 6.07) is -0.100. The maximum atomic E-state index is 8.47. The van der Waals surface area contributed by atoms with E-state index < -0.39 is 0 Å². The summed E-state index contributed by atoms with van der Waals surface area (Å²) in [7, 11) is 0. The van der Waals surface area contributed by atoms with E-state index in [1.165, 1.54) is 0 Å². The van der Waals surface area contributed by atoms with E-state index in [1.807, 2.05) is 0 Å². The van der Waals surface area contributed by atoms with Crippen LogP contribution in [0.15, 0.2) is 0 Å². The molecule has 3 heteroatoms. The second-order valence-corrected chi connectivity index (χ2v) is 2.15. The van der Waals surface area contributed by atoms with Crippen LogP contribution in [0.5, 0.6) is 0 Å². The highest BCUT2D eigenvalue weighted by atomic mass is 16.3. The smallest absolute Gasteiger partial charge is 0.0594 e. The number of hydrogen-bond acceptors (Lipinski definition) is 3. The van der Waals surface area contributed by atoms with Crippen LogP contribution >= 0.6 is 0 Å². The summed E-state index contributed by atoms with van der Waals surface area (Å²) < 4.78 is 0. The van der Waals surface area contributed by atoms with Crippen molar-refractivity contribution < 1.29 is 5.11 Å². The Morgan fingerprint density at radius 3 is 2.78 bits per heavy atom. The molecular formula is C6H16N2O. The van der Waals surface area contributed by atoms with Crippen molar-refractivity contribution in [2.45, 2.75) is 19.4 Å². The summed E-state index contributed by atoms with van der Waals surface area (Å²) in [6.45, 7) is 3.85. The van der Waals surface area contributed by atoms with Crippen LogP contribution in [0.25, 0.3) is 0 Å². The van der Waals surface area contributed by atoms with Gasteiger partial charge in [-0.15, -0.1) is 0 Å². The molecule has 0 aliphatic rings. The normalized spacial score (nSPS) is 13.7. The van der Waals surface area contributed by atoms with Crippen molar-refractivity contribution in [1.29, 1.82) is 0 Å². The molecule has 9 heavy (non-hydrogen) atoms. The van der Waals surface area contributed by atoms with E-state index in [9.17, 15) is 0 Å². The highest BCUT2D eigenvalue weighted by Crippen LogP contribution is 1.73. The Hall–Kier alpha value is -0.120. The summed E-state index contributed by atoms with van der Waals surface area (Å²) in [5.74, 6) is 0. The van der Waals surface area contributed by atoms with Gasteiger partial charge in [-0.1, -0.05) is 6.92 Å². The molecule has 0 aromatic heterocycles. The van der Waals surface area contributed by atoms with Crippen LogP contribution in [0, 0.1) is 0 Å². The van der Waals surface area contributed by atoms with Crippen molar-refractivity contribution in [1.82, 2.24) is 5.32 Å². The summed E-state index contributed by atoms with van der Waals surface area (Å²) >= 11 is 0. The number of nitrogens with one attached hydrogen (secondary N) is 1. The second kappa shape index (κ2) is 6.01. The molecule has 56 valence electrons. The molecule has 0 heterocycles. The Labute approximate surface area is 56.2 Å². The highest BCUT2D eigenvalue weighted by Gasteiger charge is 1.96. The van der Waals surface area contributed by atoms with E-state index >= 15 is 0 Å². The van der Waals surface area contributed by atoms with Gasteiger partial charge >= 0.3 is 0 Å². The summed E-state index contributed by atoms with van der Waals surface area (Å²) in [4.78, 5) is 0. The Kier molecular flexibility index (Phi) is 5.93. The Morgan fingerprint density at radius 2 is 2.33 bits per heavy atom. The minimum Gasteiger partial charge on any atom is -0.395 e. The monoisotopic (exact) mass is 132 g/mol. The summed E-state index contributed by atoms with van der Waals surface area (Å²) in [5.41, 5.74) is 5.40. The van der Waals surface area contributed by atoms with E-state index in [-0.39, 0.29) is 12.6 Å². The van der Waals surface area contributed by atoms with Crippen molar-refractivity contribution in [3.8, 4) is 0 Å². The van der Waals surface area contributed by atoms with E-state index in [4.69, 9.17) is 10.8 Å². The van der Waals surface area contributed by atoms with E-state index in [0.717, 1.165) is 13.0 Å². The molecular weight excluding hydrogens is 116 g/mol. The number of aliphatic hydroxyl groups is 1. The molecule has 0 aliphatic heterocycles. The van der Waals surface area contributed by atoms with Gasteiger partial charge < -0.3 is 16.2 Å². The lowest BCUT2D eigenvalue weighted by Crippen LogP contribution is -2.36. The quantitative estimate of drug-likeness (QED) is 0.434. The fraction of sp³-hybridized carbons (Fsp3) is 1.00. The first kappa shape index (κ1) is 8.88. The number of rotatable bonds is 5. The lowest BCUT2D eigenvalue weighted by Gasteiger charge is -2.07. The van der Waals surface area contributed by atoms with Crippen LogP contribution in [0.2, 0.25) is 0 Å². The van der Waals surface area contributed by atoms with Gasteiger partial charge in [0.15, 0.2) is 0 Å². The van der Waals surface area contributed by atoms with Gasteiger partial charge in [-0.3, -0.25) is 0 Å². The molecule has 0 amide bonds. The van der Waals surface area contributed by atoms with E-state index in [0.29, 0.717) is 6.54 Å². The Morgan fingerprint density at radius 1 is 1.67 bits per heavy atom. The SMILES string of the molecule is CCCNCC(N)CO. The predicted molar refractivity (Wildman–Crippen MR) is 38.2 cm³/mol. The average Bonchev–Trinajstić information content (AvgIpc) is 1.89. The van der Waals surface area contributed by atoms with Gasteiger partial charge in [0.1, 0.15) is 0 Å². The molecule has 1 unspecified atom stereocenters. The zero-order valence-electron chi connectivity index (χ0n) is 5.93. The number of aliphatic hydroxyl groups excluding tert-OH is 1. The van der Waals surface area contributed by atoms with Gasteiger partial charge in [-0.25, -0.2) is 0 Å². The van der Waals surface area contributed by atoms with Crippen LogP contribution in [-0.2, 0) is 0 Å². The third-order valence-electron chi connectivity index (χ3n) is 1.07. The summed E-state index contributed by atoms with van der Waals surface area (Å²) in [5, 5.41) is 11.6. The molecule has 0 radical (unpaired) electrons. The molecule has 0 spiro atoms. The zero-order valence-corrected chi connectivity index (χ0v) is 5.93. The van der Waals surface area contributed by atoms with Gasteiger partial charge in [0.2, 0.25) is 0 Å². The lowest BCUT2D eigenvalue weighted by atomic mass is 10.3. The van der Waals surface area contributed by atoms with Crippen LogP contribution in [0.4, 0.5) is 0 Å². The minimum atomic E-state index is -0.100. The predicted octanol–water partition coefficient (Wildman–Crippen LogP) is -0.694. The molecule has 0 fully saturated rings. The molecule has 1 atom stereocenters. The molecule has 0 aliphatic carbocycles. The van der Waals surface area contributed by atoms with Crippen molar-refractivity contribution in [2.75, 3.05) is 19.7 Å². The molecule has 4 N–H and O–H groups in total. The standard InChI is InChI=1S/C6H16N2O/c1-2-3-8-4-6(7)5-9/h6,8-9H,2-5,7H2,1H3. The van der Waals surface area contributed by atoms with E-state index in [2.05, 4.69) is 12.2 Å². The molecule has 0 saturated carbocycles. The fourth-order valence-corrected chi connectivity index (χ4v) is 0.529. The Bertz CT molecular complexity index is 59.0. The highest BCUT2D eigenvalue weighted by molar-refractivity contribution is 4.61. The number of hydrogen-bond donors (Lipinski definition) is 3. The first-order valence-corrected chi connectivity index (χ1v) is 3.38. The molecule has 3 nitrogen and oxygen atoms in total. The summed E-state index contributed by atoms with van der Waals surface area (Å²) in [6.07, 6.45) is 1.11. The van der Waals surface area contributed by atoms with Gasteiger partial charge in [-0.2, -0.15) is 0 Å². The molecule has 0 aromatic rings. The van der Waals surface area contributed by atoms with Crippen LogP contribution in [-0.4, -0.2) is 30.8 Å². The first-order valence-electron chi connectivity index (χ1n) is 3.38. The van der Waals surface area contributed by atoms with Gasteiger partial charge in [0, 0.05) is 12.6 Å². The van der Waals surface area contributed by atoms with Crippen molar-refractivity contribution >= 4 is 0 Å². The number of nitrogens with two attached hydrogens (primary N) is 1. The zero-order chi connectivity index (χ0) is 7.11. The third kappa shape index (κ3) is 5.76. The van der Waals surface area contributed by atoms with E-state index in [1.54, 1.807) is 0 Å². The van der Waals surface area contributed by atoms with Gasteiger partial charge in [0.25, 0.3) is 0 Å². The van der Waals surface area contributed by atoms with Crippen LogP contribution in [0.1, 0.15) is 13.3 Å². The van der Waals surface area contributed by atoms with Gasteiger partial charge in [-0.05, 0) is 13.0 Å². The molecule has 0 rings (SSSR count). The first-order chi connectivity index (χ1) is 4.31. The van der Waals surface area contributed by atoms with Crippen molar-refractivity contribution in [3.63, 3.8) is 0 Å². The molecule has 0 bridgehead atoms. The maximum absolute atomic E-state index is 8.47.